The minimum atomic E-state index is -1.08. The highest BCUT2D eigenvalue weighted by molar-refractivity contribution is 6.03. The lowest BCUT2D eigenvalue weighted by atomic mass is 10.0. The maximum atomic E-state index is 14.0. The summed E-state index contributed by atoms with van der Waals surface area (Å²) in [5.74, 6) is -1.58. The van der Waals surface area contributed by atoms with Gasteiger partial charge in [-0.05, 0) is 47.9 Å². The molecule has 0 aliphatic carbocycles. The van der Waals surface area contributed by atoms with Crippen LogP contribution in [0, 0.1) is 5.82 Å². The van der Waals surface area contributed by atoms with Gasteiger partial charge in [0.25, 0.3) is 0 Å². The number of amides is 1. The molecule has 7 heteroatoms. The molecule has 3 aromatic rings. The standard InChI is InChI=1S/C20H20FN3O3/c1-10(2)14-6-12(4-5-16(14)21)23-17-7-13(22-11(3)25)8-18-15(17)9-19(24-18)20(26)27/h4-10,23-24H,1-3H3,(H,22,25)(H,26,27). The van der Waals surface area contributed by atoms with E-state index in [9.17, 15) is 19.1 Å². The van der Waals surface area contributed by atoms with Crippen molar-refractivity contribution in [2.75, 3.05) is 10.6 Å². The molecule has 1 aromatic heterocycles. The second-order valence-corrected chi connectivity index (χ2v) is 6.67. The van der Waals surface area contributed by atoms with Crippen molar-refractivity contribution in [2.45, 2.75) is 26.7 Å². The normalized spacial score (nSPS) is 11.0. The topological polar surface area (TPSA) is 94.2 Å². The molecule has 0 unspecified atom stereocenters. The Labute approximate surface area is 155 Å². The molecule has 2 aromatic carbocycles. The zero-order valence-corrected chi connectivity index (χ0v) is 15.2. The lowest BCUT2D eigenvalue weighted by Crippen LogP contribution is -2.06. The van der Waals surface area contributed by atoms with Crippen LogP contribution in [0.15, 0.2) is 36.4 Å². The van der Waals surface area contributed by atoms with Crippen LogP contribution in [-0.2, 0) is 4.79 Å². The van der Waals surface area contributed by atoms with Gasteiger partial charge in [0, 0.05) is 23.7 Å². The van der Waals surface area contributed by atoms with E-state index in [0.717, 1.165) is 0 Å². The summed E-state index contributed by atoms with van der Waals surface area (Å²) in [4.78, 5) is 25.5. The summed E-state index contributed by atoms with van der Waals surface area (Å²) in [6.07, 6.45) is 0. The maximum Gasteiger partial charge on any atom is 0.352 e. The smallest absolute Gasteiger partial charge is 0.352 e. The third-order valence-electron chi connectivity index (χ3n) is 4.19. The number of carbonyl (C=O) groups excluding carboxylic acids is 1. The molecule has 1 amide bonds. The Balaban J connectivity index is 2.10. The number of fused-ring (bicyclic) bond motifs is 1. The molecule has 0 aliphatic heterocycles. The molecule has 0 saturated carbocycles. The van der Waals surface area contributed by atoms with Gasteiger partial charge < -0.3 is 20.7 Å². The van der Waals surface area contributed by atoms with E-state index >= 15 is 0 Å². The molecule has 3 rings (SSSR count). The third-order valence-corrected chi connectivity index (χ3v) is 4.19. The summed E-state index contributed by atoms with van der Waals surface area (Å²) in [6, 6.07) is 9.63. The number of halogens is 1. The Bertz CT molecular complexity index is 1040. The van der Waals surface area contributed by atoms with Crippen molar-refractivity contribution < 1.29 is 19.1 Å². The van der Waals surface area contributed by atoms with Gasteiger partial charge in [0.2, 0.25) is 5.91 Å². The quantitative estimate of drug-likeness (QED) is 0.518. The second-order valence-electron chi connectivity index (χ2n) is 6.67. The van der Waals surface area contributed by atoms with Crippen molar-refractivity contribution in [3.8, 4) is 0 Å². The molecule has 6 nitrogen and oxygen atoms in total. The average molecular weight is 369 g/mol. The number of nitrogens with one attached hydrogen (secondary N) is 3. The number of H-pyrrole nitrogens is 1. The predicted octanol–water partition coefficient (Wildman–Crippen LogP) is 4.83. The maximum absolute atomic E-state index is 14.0. The highest BCUT2D eigenvalue weighted by atomic mass is 19.1. The van der Waals surface area contributed by atoms with Gasteiger partial charge in [-0.2, -0.15) is 0 Å². The SMILES string of the molecule is CC(=O)Nc1cc(Nc2ccc(F)c(C(C)C)c2)c2cc(C(=O)O)[nH]c2c1. The first kappa shape index (κ1) is 18.4. The number of carboxylic acids is 1. The molecule has 0 fully saturated rings. The van der Waals surface area contributed by atoms with Gasteiger partial charge in [-0.1, -0.05) is 13.8 Å². The van der Waals surface area contributed by atoms with E-state index in [-0.39, 0.29) is 23.3 Å². The van der Waals surface area contributed by atoms with Crippen LogP contribution in [0.25, 0.3) is 10.9 Å². The number of rotatable bonds is 5. The molecular weight excluding hydrogens is 349 g/mol. The van der Waals surface area contributed by atoms with E-state index in [4.69, 9.17) is 0 Å². The van der Waals surface area contributed by atoms with Crippen LogP contribution in [0.2, 0.25) is 0 Å². The summed E-state index contributed by atoms with van der Waals surface area (Å²) in [5.41, 5.74) is 2.96. The zero-order chi connectivity index (χ0) is 19.7. The van der Waals surface area contributed by atoms with Crippen LogP contribution in [0.1, 0.15) is 42.7 Å². The third kappa shape index (κ3) is 3.92. The van der Waals surface area contributed by atoms with Gasteiger partial charge in [-0.25, -0.2) is 9.18 Å². The molecule has 0 bridgehead atoms. The molecule has 1 heterocycles. The summed E-state index contributed by atoms with van der Waals surface area (Å²) in [6.45, 7) is 5.20. The van der Waals surface area contributed by atoms with E-state index in [1.165, 1.54) is 19.1 Å². The Morgan fingerprint density at radius 3 is 2.48 bits per heavy atom. The molecule has 0 aliphatic rings. The number of carboxylic acid groups (broad SMARTS) is 1. The number of hydrogen-bond acceptors (Lipinski definition) is 3. The molecule has 0 atom stereocenters. The Kier molecular flexibility index (Phi) is 4.85. The molecule has 0 radical (unpaired) electrons. The monoisotopic (exact) mass is 369 g/mol. The lowest BCUT2D eigenvalue weighted by Gasteiger charge is -2.14. The average Bonchev–Trinajstić information content (AvgIpc) is 3.00. The number of aromatic carboxylic acids is 1. The number of benzene rings is 2. The van der Waals surface area contributed by atoms with E-state index < -0.39 is 5.97 Å². The molecule has 140 valence electrons. The molecule has 4 N–H and O–H groups in total. The molecule has 0 saturated heterocycles. The van der Waals surface area contributed by atoms with Crippen molar-refractivity contribution in [3.63, 3.8) is 0 Å². The number of hydrogen-bond donors (Lipinski definition) is 4. The van der Waals surface area contributed by atoms with Crippen molar-refractivity contribution in [1.29, 1.82) is 0 Å². The van der Waals surface area contributed by atoms with Crippen molar-refractivity contribution in [2.24, 2.45) is 0 Å². The fraction of sp³-hybridized carbons (Fsp3) is 0.200. The van der Waals surface area contributed by atoms with Gasteiger partial charge in [0.05, 0.1) is 11.2 Å². The van der Waals surface area contributed by atoms with Gasteiger partial charge in [-0.15, -0.1) is 0 Å². The van der Waals surface area contributed by atoms with Crippen molar-refractivity contribution in [3.05, 3.63) is 53.5 Å². The number of aromatic amines is 1. The fourth-order valence-electron chi connectivity index (χ4n) is 2.95. The first-order chi connectivity index (χ1) is 12.7. The minimum absolute atomic E-state index is 0.0170. The Hall–Kier alpha value is -3.35. The first-order valence-electron chi connectivity index (χ1n) is 8.48. The van der Waals surface area contributed by atoms with Crippen LogP contribution in [0.3, 0.4) is 0 Å². The predicted molar refractivity (Wildman–Crippen MR) is 103 cm³/mol. The lowest BCUT2D eigenvalue weighted by molar-refractivity contribution is -0.114. The van der Waals surface area contributed by atoms with Crippen molar-refractivity contribution >= 4 is 39.8 Å². The van der Waals surface area contributed by atoms with E-state index in [0.29, 0.717) is 33.5 Å². The highest BCUT2D eigenvalue weighted by Gasteiger charge is 2.14. The van der Waals surface area contributed by atoms with Gasteiger partial charge in [0.15, 0.2) is 0 Å². The summed E-state index contributed by atoms with van der Waals surface area (Å²) >= 11 is 0. The molecular formula is C20H20FN3O3. The number of carbonyl (C=O) groups is 2. The molecule has 0 spiro atoms. The van der Waals surface area contributed by atoms with Crippen molar-refractivity contribution in [1.82, 2.24) is 4.98 Å². The van der Waals surface area contributed by atoms with Crippen LogP contribution in [0.4, 0.5) is 21.5 Å². The minimum Gasteiger partial charge on any atom is -0.477 e. The summed E-state index contributed by atoms with van der Waals surface area (Å²) < 4.78 is 14.0. The summed E-state index contributed by atoms with van der Waals surface area (Å²) in [7, 11) is 0. The first-order valence-corrected chi connectivity index (χ1v) is 8.48. The summed E-state index contributed by atoms with van der Waals surface area (Å²) in [5, 5.41) is 15.8. The number of anilines is 3. The zero-order valence-electron chi connectivity index (χ0n) is 15.2. The largest absolute Gasteiger partial charge is 0.477 e. The van der Waals surface area contributed by atoms with Crippen LogP contribution in [0.5, 0.6) is 0 Å². The second kappa shape index (κ2) is 7.11. The van der Waals surface area contributed by atoms with Gasteiger partial charge in [-0.3, -0.25) is 4.79 Å². The Morgan fingerprint density at radius 2 is 1.85 bits per heavy atom. The Morgan fingerprint density at radius 1 is 1.11 bits per heavy atom. The highest BCUT2D eigenvalue weighted by Crippen LogP contribution is 2.32. The number of aromatic nitrogens is 1. The molecule has 27 heavy (non-hydrogen) atoms. The van der Waals surface area contributed by atoms with Crippen LogP contribution in [-0.4, -0.2) is 22.0 Å². The van der Waals surface area contributed by atoms with E-state index in [1.54, 1.807) is 24.3 Å². The fourth-order valence-corrected chi connectivity index (χ4v) is 2.95. The van der Waals surface area contributed by atoms with Gasteiger partial charge >= 0.3 is 5.97 Å². The van der Waals surface area contributed by atoms with Crippen LogP contribution < -0.4 is 10.6 Å². The van der Waals surface area contributed by atoms with E-state index in [1.807, 2.05) is 13.8 Å². The van der Waals surface area contributed by atoms with Crippen LogP contribution >= 0.6 is 0 Å². The van der Waals surface area contributed by atoms with E-state index in [2.05, 4.69) is 15.6 Å². The van der Waals surface area contributed by atoms with Gasteiger partial charge in [0.1, 0.15) is 11.5 Å².